The van der Waals surface area contributed by atoms with E-state index in [1.807, 2.05) is 22.9 Å². The van der Waals surface area contributed by atoms with Crippen molar-refractivity contribution >= 4 is 33.7 Å². The van der Waals surface area contributed by atoms with Gasteiger partial charge >= 0.3 is 0 Å². The topological polar surface area (TPSA) is 42.0 Å². The van der Waals surface area contributed by atoms with Gasteiger partial charge in [0.25, 0.3) is 5.91 Å². The van der Waals surface area contributed by atoms with E-state index < -0.39 is 0 Å². The van der Waals surface area contributed by atoms with Crippen molar-refractivity contribution in [3.05, 3.63) is 35.0 Å². The molecule has 3 nitrogen and oxygen atoms in total. The summed E-state index contributed by atoms with van der Waals surface area (Å²) in [5, 5.41) is 7.24. The number of amides is 1. The minimum Gasteiger partial charge on any atom is -0.298 e. The number of hydrogen-bond donors (Lipinski definition) is 1. The van der Waals surface area contributed by atoms with Gasteiger partial charge in [-0.3, -0.25) is 10.1 Å². The van der Waals surface area contributed by atoms with Crippen molar-refractivity contribution in [1.29, 1.82) is 0 Å². The first-order valence-electron chi connectivity index (χ1n) is 4.63. The van der Waals surface area contributed by atoms with Gasteiger partial charge in [0.15, 0.2) is 5.13 Å². The molecule has 2 aromatic rings. The Hall–Kier alpha value is -1.46. The molecule has 2 rings (SSSR count). The summed E-state index contributed by atoms with van der Waals surface area (Å²) in [5.74, 6) is -0.188. The lowest BCUT2D eigenvalue weighted by atomic mass is 10.3. The number of nitrogens with one attached hydrogen (secondary N) is 1. The highest BCUT2D eigenvalue weighted by Crippen LogP contribution is 2.28. The molecule has 82 valence electrons. The first-order chi connectivity index (χ1) is 7.66. The van der Waals surface area contributed by atoms with Gasteiger partial charge in [0.2, 0.25) is 0 Å². The molecular weight excluding hydrogens is 240 g/mol. The average molecular weight is 250 g/mol. The van der Waals surface area contributed by atoms with E-state index in [1.165, 1.54) is 11.3 Å². The predicted octanol–water partition coefficient (Wildman–Crippen LogP) is 3.39. The van der Waals surface area contributed by atoms with Crippen LogP contribution < -0.4 is 5.32 Å². The van der Waals surface area contributed by atoms with E-state index >= 15 is 0 Å². The predicted molar refractivity (Wildman–Crippen MR) is 68.9 cm³/mol. The largest absolute Gasteiger partial charge is 0.298 e. The van der Waals surface area contributed by atoms with E-state index in [-0.39, 0.29) is 5.91 Å². The fourth-order valence-corrected chi connectivity index (χ4v) is 2.54. The van der Waals surface area contributed by atoms with Crippen LogP contribution in [-0.4, -0.2) is 10.9 Å². The number of carbonyl (C=O) groups excluding carboxylic acids is 1. The normalized spacial score (nSPS) is 10.1. The molecule has 0 spiro atoms. The molecule has 0 saturated heterocycles. The highest BCUT2D eigenvalue weighted by molar-refractivity contribution is 7.16. The Kier molecular flexibility index (Phi) is 3.17. The van der Waals surface area contributed by atoms with E-state index in [2.05, 4.69) is 16.9 Å². The second-order valence-electron chi connectivity index (χ2n) is 3.25. The van der Waals surface area contributed by atoms with Gasteiger partial charge in [-0.1, -0.05) is 12.6 Å². The number of hydrogen-bond acceptors (Lipinski definition) is 4. The summed E-state index contributed by atoms with van der Waals surface area (Å²) in [7, 11) is 0. The Morgan fingerprint density at radius 2 is 2.31 bits per heavy atom. The lowest BCUT2D eigenvalue weighted by Gasteiger charge is -1.98. The van der Waals surface area contributed by atoms with Gasteiger partial charge in [-0.2, -0.15) is 0 Å². The highest BCUT2D eigenvalue weighted by Gasteiger charge is 2.08. The zero-order chi connectivity index (χ0) is 11.5. The van der Waals surface area contributed by atoms with Gasteiger partial charge in [0.05, 0.1) is 10.6 Å². The molecule has 16 heavy (non-hydrogen) atoms. The minimum absolute atomic E-state index is 0.188. The summed E-state index contributed by atoms with van der Waals surface area (Å²) in [4.78, 5) is 16.8. The maximum atomic E-state index is 11.4. The van der Waals surface area contributed by atoms with Crippen LogP contribution >= 0.6 is 22.7 Å². The summed E-state index contributed by atoms with van der Waals surface area (Å²) in [6, 6.07) is 3.98. The van der Waals surface area contributed by atoms with Gasteiger partial charge in [0.1, 0.15) is 0 Å². The molecule has 0 atom stereocenters. The van der Waals surface area contributed by atoms with Crippen molar-refractivity contribution in [2.45, 2.75) is 6.92 Å². The SMILES string of the molecule is C=C(C)C(=O)Nc1nc(-c2cccs2)cs1. The van der Waals surface area contributed by atoms with Crippen molar-refractivity contribution in [3.63, 3.8) is 0 Å². The van der Waals surface area contributed by atoms with Crippen LogP contribution in [0.1, 0.15) is 6.92 Å². The maximum absolute atomic E-state index is 11.4. The zero-order valence-electron chi connectivity index (χ0n) is 8.69. The van der Waals surface area contributed by atoms with Crippen molar-refractivity contribution < 1.29 is 4.79 Å². The van der Waals surface area contributed by atoms with Crippen LogP contribution in [0.25, 0.3) is 10.6 Å². The summed E-state index contributed by atoms with van der Waals surface area (Å²) >= 11 is 3.04. The molecule has 2 aromatic heterocycles. The Labute approximate surface area is 101 Å². The van der Waals surface area contributed by atoms with E-state index in [0.717, 1.165) is 10.6 Å². The van der Waals surface area contributed by atoms with Crippen molar-refractivity contribution in [1.82, 2.24) is 4.98 Å². The van der Waals surface area contributed by atoms with E-state index in [4.69, 9.17) is 0 Å². The summed E-state index contributed by atoms with van der Waals surface area (Å²) < 4.78 is 0. The van der Waals surface area contributed by atoms with E-state index in [0.29, 0.717) is 10.7 Å². The van der Waals surface area contributed by atoms with Gasteiger partial charge in [0, 0.05) is 11.0 Å². The number of rotatable bonds is 3. The van der Waals surface area contributed by atoms with E-state index in [1.54, 1.807) is 18.3 Å². The molecule has 0 aliphatic heterocycles. The smallest absolute Gasteiger partial charge is 0.252 e. The van der Waals surface area contributed by atoms with Crippen LogP contribution in [0.2, 0.25) is 0 Å². The first-order valence-corrected chi connectivity index (χ1v) is 6.39. The Bertz CT molecular complexity index is 514. The molecule has 0 aliphatic rings. The zero-order valence-corrected chi connectivity index (χ0v) is 10.3. The fourth-order valence-electron chi connectivity index (χ4n) is 1.07. The molecule has 1 N–H and O–H groups in total. The molecule has 0 saturated carbocycles. The fraction of sp³-hybridized carbons (Fsp3) is 0.0909. The van der Waals surface area contributed by atoms with Crippen LogP contribution in [-0.2, 0) is 4.79 Å². The maximum Gasteiger partial charge on any atom is 0.252 e. The number of aromatic nitrogens is 1. The van der Waals surface area contributed by atoms with Crippen LogP contribution in [0.15, 0.2) is 35.0 Å². The van der Waals surface area contributed by atoms with Gasteiger partial charge in [-0.15, -0.1) is 22.7 Å². The molecule has 0 bridgehead atoms. The molecule has 0 fully saturated rings. The summed E-state index contributed by atoms with van der Waals surface area (Å²) in [6.45, 7) is 5.24. The Balaban J connectivity index is 2.14. The Morgan fingerprint density at radius 1 is 1.50 bits per heavy atom. The second kappa shape index (κ2) is 4.59. The summed E-state index contributed by atoms with van der Waals surface area (Å²) in [5.41, 5.74) is 1.38. The molecular formula is C11H10N2OS2. The van der Waals surface area contributed by atoms with Gasteiger partial charge < -0.3 is 0 Å². The third-order valence-electron chi connectivity index (χ3n) is 1.89. The van der Waals surface area contributed by atoms with Crippen molar-refractivity contribution in [2.24, 2.45) is 0 Å². The molecule has 2 heterocycles. The van der Waals surface area contributed by atoms with Crippen LogP contribution in [0.5, 0.6) is 0 Å². The number of thiophene rings is 1. The second-order valence-corrected chi connectivity index (χ2v) is 5.06. The number of thiazole rings is 1. The third-order valence-corrected chi connectivity index (χ3v) is 3.54. The quantitative estimate of drug-likeness (QED) is 0.848. The van der Waals surface area contributed by atoms with Gasteiger partial charge in [-0.25, -0.2) is 4.98 Å². The first kappa shape index (κ1) is 11.0. The lowest BCUT2D eigenvalue weighted by molar-refractivity contribution is -0.112. The van der Waals surface area contributed by atoms with E-state index in [9.17, 15) is 4.79 Å². The molecule has 0 aromatic carbocycles. The average Bonchev–Trinajstić information content (AvgIpc) is 2.85. The molecule has 0 unspecified atom stereocenters. The number of nitrogens with zero attached hydrogens (tertiary/aromatic N) is 1. The monoisotopic (exact) mass is 250 g/mol. The summed E-state index contributed by atoms with van der Waals surface area (Å²) in [6.07, 6.45) is 0. The third kappa shape index (κ3) is 2.37. The number of anilines is 1. The van der Waals surface area contributed by atoms with Crippen molar-refractivity contribution in [3.8, 4) is 10.6 Å². The van der Waals surface area contributed by atoms with Crippen molar-refractivity contribution in [2.75, 3.05) is 5.32 Å². The minimum atomic E-state index is -0.188. The molecule has 5 heteroatoms. The Morgan fingerprint density at radius 3 is 2.94 bits per heavy atom. The van der Waals surface area contributed by atoms with Crippen LogP contribution in [0.4, 0.5) is 5.13 Å². The highest BCUT2D eigenvalue weighted by atomic mass is 32.1. The number of carbonyl (C=O) groups is 1. The van der Waals surface area contributed by atoms with Crippen LogP contribution in [0.3, 0.4) is 0 Å². The lowest BCUT2D eigenvalue weighted by Crippen LogP contribution is -2.11. The van der Waals surface area contributed by atoms with Gasteiger partial charge in [-0.05, 0) is 18.4 Å². The molecule has 0 aliphatic carbocycles. The molecule has 0 radical (unpaired) electrons. The van der Waals surface area contributed by atoms with Crippen LogP contribution in [0, 0.1) is 0 Å². The standard InChI is InChI=1S/C11H10N2OS2/c1-7(2)10(14)13-11-12-8(6-16-11)9-4-3-5-15-9/h3-6H,1H2,2H3,(H,12,13,14). The molecule has 1 amide bonds.